The van der Waals surface area contributed by atoms with E-state index in [2.05, 4.69) is 10.4 Å². The van der Waals surface area contributed by atoms with Crippen LogP contribution in [0.1, 0.15) is 31.4 Å². The van der Waals surface area contributed by atoms with Gasteiger partial charge in [0.2, 0.25) is 0 Å². The van der Waals surface area contributed by atoms with Gasteiger partial charge in [-0.1, -0.05) is 6.42 Å². The molecule has 96 valence electrons. The molecule has 1 aromatic heterocycles. The van der Waals surface area contributed by atoms with Crippen LogP contribution < -0.4 is 5.32 Å². The lowest BCUT2D eigenvalue weighted by Gasteiger charge is -2.04. The highest BCUT2D eigenvalue weighted by Crippen LogP contribution is 1.99. The number of rotatable bonds is 9. The van der Waals surface area contributed by atoms with Gasteiger partial charge in [0.1, 0.15) is 0 Å². The zero-order chi connectivity index (χ0) is 12.5. The van der Waals surface area contributed by atoms with Crippen molar-refractivity contribution >= 4 is 5.97 Å². The van der Waals surface area contributed by atoms with Crippen LogP contribution in [-0.2, 0) is 18.3 Å². The number of carbonyl (C=O) groups is 1. The summed E-state index contributed by atoms with van der Waals surface area (Å²) in [6.07, 6.45) is 5.87. The molecule has 2 N–H and O–H groups in total. The van der Waals surface area contributed by atoms with E-state index in [9.17, 15) is 4.79 Å². The SMILES string of the molecule is Cn1nccc1CCNCCCCCC(=O)O. The number of unbranched alkanes of at least 4 members (excludes halogenated alkanes) is 2. The number of aryl methyl sites for hydroxylation is 1. The minimum absolute atomic E-state index is 0.287. The summed E-state index contributed by atoms with van der Waals surface area (Å²) in [5, 5.41) is 15.9. The Kier molecular flexibility index (Phi) is 6.32. The Morgan fingerprint density at radius 1 is 1.41 bits per heavy atom. The van der Waals surface area contributed by atoms with Crippen LogP contribution in [0.2, 0.25) is 0 Å². The van der Waals surface area contributed by atoms with Crippen molar-refractivity contribution in [1.82, 2.24) is 15.1 Å². The third kappa shape index (κ3) is 6.06. The highest BCUT2D eigenvalue weighted by Gasteiger charge is 1.98. The molecule has 5 heteroatoms. The molecule has 0 aliphatic rings. The Labute approximate surface area is 102 Å². The summed E-state index contributed by atoms with van der Waals surface area (Å²) in [6.45, 7) is 1.90. The molecule has 0 saturated heterocycles. The number of aromatic nitrogens is 2. The van der Waals surface area contributed by atoms with Crippen molar-refractivity contribution in [2.24, 2.45) is 7.05 Å². The Morgan fingerprint density at radius 3 is 2.88 bits per heavy atom. The Hall–Kier alpha value is -1.36. The van der Waals surface area contributed by atoms with Crippen molar-refractivity contribution in [2.45, 2.75) is 32.1 Å². The average Bonchev–Trinajstić information content (AvgIpc) is 2.68. The van der Waals surface area contributed by atoms with Gasteiger partial charge in [-0.2, -0.15) is 5.10 Å². The maximum atomic E-state index is 10.3. The number of carboxylic acids is 1. The second-order valence-corrected chi connectivity index (χ2v) is 4.15. The quantitative estimate of drug-likeness (QED) is 0.635. The van der Waals surface area contributed by atoms with Gasteiger partial charge in [0, 0.05) is 38.3 Å². The zero-order valence-electron chi connectivity index (χ0n) is 10.4. The van der Waals surface area contributed by atoms with Crippen molar-refractivity contribution < 1.29 is 9.90 Å². The van der Waals surface area contributed by atoms with Crippen molar-refractivity contribution in [1.29, 1.82) is 0 Å². The molecule has 0 aliphatic carbocycles. The summed E-state index contributed by atoms with van der Waals surface area (Å²) in [6, 6.07) is 2.02. The summed E-state index contributed by atoms with van der Waals surface area (Å²) in [5.74, 6) is -0.700. The van der Waals surface area contributed by atoms with Gasteiger partial charge < -0.3 is 10.4 Å². The van der Waals surface area contributed by atoms with E-state index in [-0.39, 0.29) is 6.42 Å². The first-order chi connectivity index (χ1) is 8.20. The molecule has 1 rings (SSSR count). The predicted octanol–water partition coefficient (Wildman–Crippen LogP) is 1.20. The van der Waals surface area contributed by atoms with Crippen LogP contribution in [0.3, 0.4) is 0 Å². The fourth-order valence-corrected chi connectivity index (χ4v) is 1.69. The first kappa shape index (κ1) is 13.7. The first-order valence-electron chi connectivity index (χ1n) is 6.09. The smallest absolute Gasteiger partial charge is 0.303 e. The number of hydrogen-bond acceptors (Lipinski definition) is 3. The van der Waals surface area contributed by atoms with E-state index in [0.29, 0.717) is 0 Å². The maximum absolute atomic E-state index is 10.3. The molecule has 5 nitrogen and oxygen atoms in total. The molecule has 1 heterocycles. The minimum atomic E-state index is -0.700. The van der Waals surface area contributed by atoms with E-state index in [0.717, 1.165) is 38.8 Å². The molecule has 0 amide bonds. The highest BCUT2D eigenvalue weighted by atomic mass is 16.4. The summed E-state index contributed by atoms with van der Waals surface area (Å²) in [7, 11) is 1.95. The number of aliphatic carboxylic acids is 1. The molecule has 0 aromatic carbocycles. The maximum Gasteiger partial charge on any atom is 0.303 e. The van der Waals surface area contributed by atoms with E-state index < -0.39 is 5.97 Å². The normalized spacial score (nSPS) is 10.6. The Morgan fingerprint density at radius 2 is 2.24 bits per heavy atom. The van der Waals surface area contributed by atoms with Crippen LogP contribution in [-0.4, -0.2) is 33.9 Å². The van der Waals surface area contributed by atoms with Gasteiger partial charge in [-0.3, -0.25) is 9.48 Å². The highest BCUT2D eigenvalue weighted by molar-refractivity contribution is 5.66. The number of carboxylic acid groups (broad SMARTS) is 1. The molecular formula is C12H21N3O2. The number of nitrogens with zero attached hydrogens (tertiary/aromatic N) is 2. The van der Waals surface area contributed by atoms with Crippen molar-refractivity contribution in [3.63, 3.8) is 0 Å². The van der Waals surface area contributed by atoms with Gasteiger partial charge in [0.05, 0.1) is 0 Å². The standard InChI is InChI=1S/C12H21N3O2/c1-15-11(7-10-14-15)6-9-13-8-4-2-3-5-12(16)17/h7,10,13H,2-6,8-9H2,1H3,(H,16,17). The van der Waals surface area contributed by atoms with Gasteiger partial charge in [-0.15, -0.1) is 0 Å². The third-order valence-electron chi connectivity index (χ3n) is 2.72. The topological polar surface area (TPSA) is 67.2 Å². The minimum Gasteiger partial charge on any atom is -0.481 e. The van der Waals surface area contributed by atoms with Gasteiger partial charge >= 0.3 is 5.97 Å². The molecule has 0 radical (unpaired) electrons. The zero-order valence-corrected chi connectivity index (χ0v) is 10.4. The van der Waals surface area contributed by atoms with Crippen molar-refractivity contribution in [3.8, 4) is 0 Å². The van der Waals surface area contributed by atoms with Crippen LogP contribution in [0, 0.1) is 0 Å². The molecular weight excluding hydrogens is 218 g/mol. The van der Waals surface area contributed by atoms with Crippen LogP contribution in [0.4, 0.5) is 0 Å². The van der Waals surface area contributed by atoms with Crippen molar-refractivity contribution in [2.75, 3.05) is 13.1 Å². The second-order valence-electron chi connectivity index (χ2n) is 4.15. The van der Waals surface area contributed by atoms with E-state index >= 15 is 0 Å². The molecule has 0 atom stereocenters. The predicted molar refractivity (Wildman–Crippen MR) is 65.9 cm³/mol. The molecule has 0 fully saturated rings. The van der Waals surface area contributed by atoms with Crippen LogP contribution >= 0.6 is 0 Å². The fourth-order valence-electron chi connectivity index (χ4n) is 1.69. The monoisotopic (exact) mass is 239 g/mol. The van der Waals surface area contributed by atoms with Crippen LogP contribution in [0.5, 0.6) is 0 Å². The summed E-state index contributed by atoms with van der Waals surface area (Å²) < 4.78 is 1.88. The molecule has 17 heavy (non-hydrogen) atoms. The number of hydrogen-bond donors (Lipinski definition) is 2. The molecule has 0 spiro atoms. The fraction of sp³-hybridized carbons (Fsp3) is 0.667. The van der Waals surface area contributed by atoms with Gasteiger partial charge in [0.25, 0.3) is 0 Å². The third-order valence-corrected chi connectivity index (χ3v) is 2.72. The average molecular weight is 239 g/mol. The van der Waals surface area contributed by atoms with Gasteiger partial charge in [0.15, 0.2) is 0 Å². The summed E-state index contributed by atoms with van der Waals surface area (Å²) in [4.78, 5) is 10.3. The molecule has 1 aromatic rings. The lowest BCUT2D eigenvalue weighted by molar-refractivity contribution is -0.137. The lowest BCUT2D eigenvalue weighted by Crippen LogP contribution is -2.19. The summed E-state index contributed by atoms with van der Waals surface area (Å²) >= 11 is 0. The molecule has 0 saturated carbocycles. The van der Waals surface area contributed by atoms with Crippen molar-refractivity contribution in [3.05, 3.63) is 18.0 Å². The summed E-state index contributed by atoms with van der Waals surface area (Å²) in [5.41, 5.74) is 1.23. The van der Waals surface area contributed by atoms with E-state index in [1.54, 1.807) is 6.20 Å². The van der Waals surface area contributed by atoms with Gasteiger partial charge in [-0.05, 0) is 25.5 Å². The lowest BCUT2D eigenvalue weighted by atomic mass is 10.2. The number of nitrogens with one attached hydrogen (secondary N) is 1. The Balaban J connectivity index is 1.91. The molecule has 0 aliphatic heterocycles. The Bertz CT molecular complexity index is 336. The van der Waals surface area contributed by atoms with Gasteiger partial charge in [-0.25, -0.2) is 0 Å². The molecule has 0 bridgehead atoms. The van der Waals surface area contributed by atoms with Crippen LogP contribution in [0.15, 0.2) is 12.3 Å². The van der Waals surface area contributed by atoms with Crippen LogP contribution in [0.25, 0.3) is 0 Å². The second kappa shape index (κ2) is 7.84. The molecule has 0 unspecified atom stereocenters. The van der Waals surface area contributed by atoms with E-state index in [4.69, 9.17) is 5.11 Å². The van der Waals surface area contributed by atoms with E-state index in [1.165, 1.54) is 5.69 Å². The van der Waals surface area contributed by atoms with E-state index in [1.807, 2.05) is 17.8 Å². The largest absolute Gasteiger partial charge is 0.481 e. The first-order valence-corrected chi connectivity index (χ1v) is 6.09.